The largest absolute Gasteiger partial charge is 0.444 e. The maximum absolute atomic E-state index is 14.7. The van der Waals surface area contributed by atoms with Gasteiger partial charge in [0.1, 0.15) is 29.6 Å². The first kappa shape index (κ1) is 33.1. The lowest BCUT2D eigenvalue weighted by Gasteiger charge is -2.42. The molecule has 1 fully saturated rings. The molecule has 1 aromatic carbocycles. The van der Waals surface area contributed by atoms with Gasteiger partial charge in [0.05, 0.1) is 6.04 Å². The summed E-state index contributed by atoms with van der Waals surface area (Å²) >= 11 is 0. The highest BCUT2D eigenvalue weighted by molar-refractivity contribution is 5.91. The maximum atomic E-state index is 14.7. The highest BCUT2D eigenvalue weighted by Gasteiger charge is 2.43. The average Bonchev–Trinajstić information content (AvgIpc) is 3.46. The Morgan fingerprint density at radius 1 is 1.14 bits per heavy atom. The van der Waals surface area contributed by atoms with Crippen LogP contribution in [-0.2, 0) is 20.7 Å². The summed E-state index contributed by atoms with van der Waals surface area (Å²) in [6, 6.07) is 6.46. The molecule has 3 rings (SSSR count). The first-order chi connectivity index (χ1) is 19.9. The van der Waals surface area contributed by atoms with E-state index in [0.29, 0.717) is 18.7 Å². The fraction of sp³-hybridized carbons (Fsp3) is 0.625. The van der Waals surface area contributed by atoms with Crippen molar-refractivity contribution in [3.63, 3.8) is 0 Å². The maximum Gasteiger partial charge on any atom is 0.408 e. The van der Waals surface area contributed by atoms with Crippen LogP contribution in [0.15, 0.2) is 42.7 Å². The fourth-order valence-corrected chi connectivity index (χ4v) is 5.82. The predicted molar refractivity (Wildman–Crippen MR) is 161 cm³/mol. The molecule has 1 aliphatic rings. The highest BCUT2D eigenvalue weighted by atomic mass is 16.6. The minimum Gasteiger partial charge on any atom is -0.444 e. The van der Waals surface area contributed by atoms with Crippen LogP contribution in [0, 0.1) is 11.8 Å². The molecule has 1 aliphatic carbocycles. The van der Waals surface area contributed by atoms with Crippen LogP contribution < -0.4 is 11.1 Å². The Kier molecular flexibility index (Phi) is 12.0. The van der Waals surface area contributed by atoms with E-state index in [1.807, 2.05) is 44.2 Å². The molecule has 10 heteroatoms. The zero-order valence-electron chi connectivity index (χ0n) is 25.7. The van der Waals surface area contributed by atoms with Gasteiger partial charge in [-0.3, -0.25) is 9.59 Å². The van der Waals surface area contributed by atoms with Crippen LogP contribution in [0.25, 0.3) is 0 Å². The molecule has 0 radical (unpaired) electrons. The molecule has 0 spiro atoms. The lowest BCUT2D eigenvalue weighted by molar-refractivity contribution is -0.149. The second-order valence-electron chi connectivity index (χ2n) is 12.9. The number of H-pyrrole nitrogens is 1. The van der Waals surface area contributed by atoms with Crippen LogP contribution in [0.2, 0.25) is 0 Å². The normalized spacial score (nSPS) is 17.2. The first-order valence-electron chi connectivity index (χ1n) is 15.2. The van der Waals surface area contributed by atoms with E-state index in [9.17, 15) is 19.5 Å². The molecule has 1 saturated carbocycles. The Morgan fingerprint density at radius 2 is 1.81 bits per heavy atom. The van der Waals surface area contributed by atoms with Gasteiger partial charge in [-0.15, -0.1) is 0 Å². The van der Waals surface area contributed by atoms with E-state index < -0.39 is 47.7 Å². The molecule has 0 aliphatic heterocycles. The second-order valence-corrected chi connectivity index (χ2v) is 12.9. The number of nitrogens with zero attached hydrogens (tertiary/aromatic N) is 2. The van der Waals surface area contributed by atoms with Crippen LogP contribution in [0.4, 0.5) is 4.79 Å². The number of aromatic amines is 1. The lowest BCUT2D eigenvalue weighted by atomic mass is 9.82. The Hall–Kier alpha value is -3.40. The number of amides is 3. The number of alkyl carbamates (subject to hydrolysis) is 1. The van der Waals surface area contributed by atoms with E-state index in [-0.39, 0.29) is 18.3 Å². The Morgan fingerprint density at radius 3 is 2.36 bits per heavy atom. The number of benzene rings is 1. The van der Waals surface area contributed by atoms with Crippen LogP contribution >= 0.6 is 0 Å². The summed E-state index contributed by atoms with van der Waals surface area (Å²) in [6.45, 7) is 9.16. The van der Waals surface area contributed by atoms with Gasteiger partial charge in [0.15, 0.2) is 0 Å². The zero-order chi connectivity index (χ0) is 30.9. The minimum absolute atomic E-state index is 0.0280. The fourth-order valence-electron chi connectivity index (χ4n) is 5.82. The number of carbonyl (C=O) groups excluding carboxylic acids is 3. The van der Waals surface area contributed by atoms with Crippen molar-refractivity contribution in [2.45, 2.75) is 116 Å². The number of ether oxygens (including phenoxy) is 1. The van der Waals surface area contributed by atoms with Gasteiger partial charge in [0.25, 0.3) is 0 Å². The number of aliphatic hydroxyl groups is 1. The van der Waals surface area contributed by atoms with Gasteiger partial charge in [-0.2, -0.15) is 0 Å². The molecule has 3 amide bonds. The summed E-state index contributed by atoms with van der Waals surface area (Å²) in [5.41, 5.74) is 6.04. The third kappa shape index (κ3) is 9.86. The molecule has 42 heavy (non-hydrogen) atoms. The molecule has 1 aromatic heterocycles. The standard InChI is InChI=1S/C32H49N5O5/c1-21(2)18-26(28(33)39)37(25(20-23-14-10-7-11-15-23)27(38)29-34-16-17-35-29)30(40)24(19-22-12-8-6-9-13-22)36-31(41)42-32(3,4)5/h6,8-9,12-13,16-17,21,23-27,38H,7,10-11,14-15,18-20H2,1-5H3,(H2,33,39)(H,34,35)(H,36,41)/t24-,25-,26-,27+/m0/s1. The third-order valence-corrected chi connectivity index (χ3v) is 7.71. The van der Waals surface area contributed by atoms with Crippen LogP contribution in [-0.4, -0.2) is 61.6 Å². The van der Waals surface area contributed by atoms with Crippen molar-refractivity contribution in [3.8, 4) is 0 Å². The molecule has 232 valence electrons. The van der Waals surface area contributed by atoms with Crippen molar-refractivity contribution in [2.24, 2.45) is 17.6 Å². The summed E-state index contributed by atoms with van der Waals surface area (Å²) in [5.74, 6) is -0.572. The quantitative estimate of drug-likeness (QED) is 0.270. The smallest absolute Gasteiger partial charge is 0.408 e. The van der Waals surface area contributed by atoms with Crippen LogP contribution in [0.1, 0.15) is 97.1 Å². The van der Waals surface area contributed by atoms with Gasteiger partial charge < -0.3 is 30.8 Å². The molecule has 10 nitrogen and oxygen atoms in total. The summed E-state index contributed by atoms with van der Waals surface area (Å²) in [5, 5.41) is 14.5. The Balaban J connectivity index is 2.10. The van der Waals surface area contributed by atoms with Crippen molar-refractivity contribution >= 4 is 17.9 Å². The van der Waals surface area contributed by atoms with Gasteiger partial charge in [-0.25, -0.2) is 9.78 Å². The number of aromatic nitrogens is 2. The number of hydrogen-bond acceptors (Lipinski definition) is 6. The topological polar surface area (TPSA) is 151 Å². The first-order valence-corrected chi connectivity index (χ1v) is 15.2. The van der Waals surface area contributed by atoms with E-state index in [4.69, 9.17) is 10.5 Å². The molecular weight excluding hydrogens is 534 g/mol. The number of nitrogens with two attached hydrogens (primary N) is 1. The number of hydrogen-bond donors (Lipinski definition) is 4. The molecule has 0 unspecified atom stereocenters. The SMILES string of the molecule is CC(C)C[C@@H](C(N)=O)N(C(=O)[C@H](Cc1ccccc1)NC(=O)OC(C)(C)C)[C@@H](CC1CCCCC1)[C@@H](O)c1ncc[nH]1. The average molecular weight is 584 g/mol. The molecule has 2 aromatic rings. The van der Waals surface area contributed by atoms with Crippen molar-refractivity contribution < 1.29 is 24.2 Å². The van der Waals surface area contributed by atoms with Crippen molar-refractivity contribution in [1.82, 2.24) is 20.2 Å². The summed E-state index contributed by atoms with van der Waals surface area (Å²) in [4.78, 5) is 49.6. The van der Waals surface area contributed by atoms with E-state index in [2.05, 4.69) is 15.3 Å². The zero-order valence-corrected chi connectivity index (χ0v) is 25.7. The van der Waals surface area contributed by atoms with Crippen LogP contribution in [0.5, 0.6) is 0 Å². The molecule has 1 heterocycles. The molecule has 0 bridgehead atoms. The van der Waals surface area contributed by atoms with Gasteiger partial charge in [-0.05, 0) is 51.0 Å². The van der Waals surface area contributed by atoms with E-state index in [1.165, 1.54) is 4.90 Å². The number of aliphatic hydroxyl groups excluding tert-OH is 1. The number of carbonyl (C=O) groups is 3. The molecule has 4 atom stereocenters. The van der Waals surface area contributed by atoms with Crippen LogP contribution in [0.3, 0.4) is 0 Å². The van der Waals surface area contributed by atoms with Gasteiger partial charge in [-0.1, -0.05) is 76.3 Å². The molecule has 5 N–H and O–H groups in total. The van der Waals surface area contributed by atoms with Gasteiger partial charge in [0, 0.05) is 18.8 Å². The van der Waals surface area contributed by atoms with Crippen molar-refractivity contribution in [2.75, 3.05) is 0 Å². The summed E-state index contributed by atoms with van der Waals surface area (Å²) in [7, 11) is 0. The third-order valence-electron chi connectivity index (χ3n) is 7.71. The van der Waals surface area contributed by atoms with Gasteiger partial charge in [0.2, 0.25) is 11.8 Å². The van der Waals surface area contributed by atoms with Gasteiger partial charge >= 0.3 is 6.09 Å². The molecular formula is C32H49N5O5. The lowest BCUT2D eigenvalue weighted by Crippen LogP contribution is -2.61. The number of nitrogens with one attached hydrogen (secondary N) is 2. The number of primary amides is 1. The predicted octanol–water partition coefficient (Wildman–Crippen LogP) is 4.65. The van der Waals surface area contributed by atoms with Crippen molar-refractivity contribution in [3.05, 3.63) is 54.1 Å². The molecule has 0 saturated heterocycles. The number of imidazole rings is 1. The summed E-state index contributed by atoms with van der Waals surface area (Å²) < 4.78 is 5.52. The minimum atomic E-state index is -1.20. The van der Waals surface area contributed by atoms with E-state index in [0.717, 1.165) is 37.7 Å². The van der Waals surface area contributed by atoms with E-state index >= 15 is 0 Å². The summed E-state index contributed by atoms with van der Waals surface area (Å²) in [6.07, 6.45) is 7.40. The monoisotopic (exact) mass is 583 g/mol. The van der Waals surface area contributed by atoms with E-state index in [1.54, 1.807) is 33.2 Å². The highest BCUT2D eigenvalue weighted by Crippen LogP contribution is 2.34. The number of rotatable bonds is 13. The van der Waals surface area contributed by atoms with Crippen molar-refractivity contribution in [1.29, 1.82) is 0 Å². The Bertz CT molecular complexity index is 1130. The Labute approximate surface area is 249 Å². The second kappa shape index (κ2) is 15.2.